The zero-order chi connectivity index (χ0) is 24.8. The van der Waals surface area contributed by atoms with E-state index in [0.29, 0.717) is 48.6 Å². The Morgan fingerprint density at radius 1 is 1.08 bits per heavy atom. The second kappa shape index (κ2) is 12.7. The van der Waals surface area contributed by atoms with Crippen molar-refractivity contribution in [3.05, 3.63) is 41.0 Å². The monoisotopic (exact) mass is 539 g/mol. The van der Waals surface area contributed by atoms with Crippen molar-refractivity contribution in [1.82, 2.24) is 24.6 Å². The van der Waals surface area contributed by atoms with Crippen LogP contribution < -0.4 is 15.4 Å². The Balaban J connectivity index is 0.00000361. The van der Waals surface area contributed by atoms with Gasteiger partial charge in [0.1, 0.15) is 0 Å². The van der Waals surface area contributed by atoms with E-state index in [-0.39, 0.29) is 23.3 Å². The second-order valence-corrected chi connectivity index (χ2v) is 11.4. The molecular formula is C24H34ClN5O5S. The first-order chi connectivity index (χ1) is 16.8. The van der Waals surface area contributed by atoms with Crippen LogP contribution >= 0.6 is 11.6 Å². The van der Waals surface area contributed by atoms with Crippen LogP contribution in [0.2, 0.25) is 5.02 Å². The van der Waals surface area contributed by atoms with Gasteiger partial charge < -0.3 is 16.1 Å². The Labute approximate surface area is 216 Å². The number of hydrogen-bond acceptors (Lipinski definition) is 5. The third kappa shape index (κ3) is 7.28. The maximum atomic E-state index is 12.7. The van der Waals surface area contributed by atoms with E-state index in [0.717, 1.165) is 43.9 Å². The van der Waals surface area contributed by atoms with Gasteiger partial charge in [-0.2, -0.15) is 12.7 Å². The van der Waals surface area contributed by atoms with Gasteiger partial charge in [-0.3, -0.25) is 9.78 Å². The summed E-state index contributed by atoms with van der Waals surface area (Å²) in [4.78, 5) is 29.2. The molecule has 1 aromatic heterocycles. The molecule has 0 bridgehead atoms. The maximum absolute atomic E-state index is 12.7. The van der Waals surface area contributed by atoms with Crippen LogP contribution in [-0.4, -0.2) is 60.8 Å². The molecule has 1 saturated heterocycles. The van der Waals surface area contributed by atoms with Crippen LogP contribution in [0.4, 0.5) is 4.79 Å². The fourth-order valence-corrected chi connectivity index (χ4v) is 6.24. The van der Waals surface area contributed by atoms with E-state index >= 15 is 0 Å². The van der Waals surface area contributed by atoms with Crippen molar-refractivity contribution in [3.63, 3.8) is 0 Å². The third-order valence-electron chi connectivity index (χ3n) is 6.83. The molecule has 198 valence electrons. The van der Waals surface area contributed by atoms with Gasteiger partial charge in [0.05, 0.1) is 11.1 Å². The Morgan fingerprint density at radius 2 is 1.81 bits per heavy atom. The van der Waals surface area contributed by atoms with Crippen molar-refractivity contribution < 1.29 is 23.5 Å². The highest BCUT2D eigenvalue weighted by Gasteiger charge is 2.30. The molecule has 1 aliphatic carbocycles. The van der Waals surface area contributed by atoms with Crippen molar-refractivity contribution in [2.75, 3.05) is 19.6 Å². The number of hydrogen-bond donors (Lipinski definition) is 3. The average Bonchev–Trinajstić information content (AvgIpc) is 2.84. The largest absolute Gasteiger partial charge is 0.412 e. The van der Waals surface area contributed by atoms with Gasteiger partial charge in [0, 0.05) is 42.3 Å². The number of carbonyl (C=O) groups is 2. The van der Waals surface area contributed by atoms with E-state index < -0.39 is 16.2 Å². The number of nitrogens with one attached hydrogen (secondary N) is 3. The van der Waals surface area contributed by atoms with Gasteiger partial charge in [-0.05, 0) is 56.2 Å². The van der Waals surface area contributed by atoms with Crippen LogP contribution in [0.3, 0.4) is 0 Å². The predicted octanol–water partition coefficient (Wildman–Crippen LogP) is 2.77. The summed E-state index contributed by atoms with van der Waals surface area (Å²) < 4.78 is 28.7. The summed E-state index contributed by atoms with van der Waals surface area (Å²) >= 11 is 6.16. The lowest BCUT2D eigenvalue weighted by molar-refractivity contribution is 0.0951. The highest BCUT2D eigenvalue weighted by molar-refractivity contribution is 7.87. The topological polar surface area (TPSA) is 152 Å². The fourth-order valence-electron chi connectivity index (χ4n) is 4.90. The van der Waals surface area contributed by atoms with E-state index in [1.807, 2.05) is 6.07 Å². The van der Waals surface area contributed by atoms with E-state index in [1.54, 1.807) is 24.4 Å². The molecular weight excluding hydrogens is 506 g/mol. The molecule has 0 unspecified atom stereocenters. The van der Waals surface area contributed by atoms with E-state index in [2.05, 4.69) is 20.3 Å². The molecule has 36 heavy (non-hydrogen) atoms. The number of urea groups is 1. The predicted molar refractivity (Wildman–Crippen MR) is 139 cm³/mol. The molecule has 1 aromatic carbocycles. The van der Waals surface area contributed by atoms with E-state index in [1.165, 1.54) is 4.31 Å². The zero-order valence-electron chi connectivity index (χ0n) is 20.1. The SMILES string of the molecule is O.O=C(NC1CCCCC1)NS(=O)(=O)N1CCC(CCNC(=O)c2cc(Cl)cc3cccnc23)CC1. The van der Waals surface area contributed by atoms with Gasteiger partial charge in [-0.1, -0.05) is 36.9 Å². The molecule has 3 amide bonds. The van der Waals surface area contributed by atoms with E-state index in [9.17, 15) is 18.0 Å². The first-order valence-corrected chi connectivity index (χ1v) is 14.0. The summed E-state index contributed by atoms with van der Waals surface area (Å²) in [6.45, 7) is 1.15. The maximum Gasteiger partial charge on any atom is 0.329 e. The van der Waals surface area contributed by atoms with E-state index in [4.69, 9.17) is 11.6 Å². The molecule has 2 aromatic rings. The molecule has 0 atom stereocenters. The summed E-state index contributed by atoms with van der Waals surface area (Å²) in [6, 6.07) is 6.45. The standard InChI is InChI=1S/C24H32ClN5O4S.H2O/c25-19-15-18-5-4-11-26-22(18)21(16-19)23(31)27-12-8-17-9-13-30(14-10-17)35(33,34)29-24(32)28-20-6-2-1-3-7-20;/h4-5,11,15-17,20H,1-3,6-10,12-14H2,(H,27,31)(H2,28,29,32);1H2. The van der Waals surface area contributed by atoms with Gasteiger partial charge in [0.15, 0.2) is 0 Å². The van der Waals surface area contributed by atoms with Gasteiger partial charge in [-0.25, -0.2) is 9.52 Å². The molecule has 4 rings (SSSR count). The molecule has 1 aliphatic heterocycles. The lowest BCUT2D eigenvalue weighted by Gasteiger charge is -2.31. The number of amides is 3. The summed E-state index contributed by atoms with van der Waals surface area (Å²) in [5.74, 6) is 0.0523. The van der Waals surface area contributed by atoms with Crippen LogP contribution in [-0.2, 0) is 10.2 Å². The number of carbonyl (C=O) groups excluding carboxylic acids is 2. The normalized spacial score (nSPS) is 17.8. The van der Waals surface area contributed by atoms with Crippen molar-refractivity contribution in [1.29, 1.82) is 0 Å². The van der Waals surface area contributed by atoms with Gasteiger partial charge in [-0.15, -0.1) is 0 Å². The highest BCUT2D eigenvalue weighted by atomic mass is 35.5. The summed E-state index contributed by atoms with van der Waals surface area (Å²) in [7, 11) is -3.87. The Kier molecular flexibility index (Phi) is 9.89. The molecule has 0 radical (unpaired) electrons. The number of benzene rings is 1. The van der Waals surface area contributed by atoms with Gasteiger partial charge >= 0.3 is 16.2 Å². The number of halogens is 1. The number of fused-ring (bicyclic) bond motifs is 1. The van der Waals surface area contributed by atoms with Gasteiger partial charge in [0.25, 0.3) is 5.91 Å². The zero-order valence-corrected chi connectivity index (χ0v) is 21.7. The van der Waals surface area contributed by atoms with Crippen molar-refractivity contribution >= 4 is 44.7 Å². The minimum Gasteiger partial charge on any atom is -0.412 e. The Bertz CT molecular complexity index is 1160. The average molecular weight is 540 g/mol. The lowest BCUT2D eigenvalue weighted by Crippen LogP contribution is -2.51. The van der Waals surface area contributed by atoms with Crippen LogP contribution in [0.5, 0.6) is 0 Å². The Hall–Kier alpha value is -2.47. The van der Waals surface area contributed by atoms with Crippen LogP contribution in [0.25, 0.3) is 10.9 Å². The molecule has 10 nitrogen and oxygen atoms in total. The molecule has 12 heteroatoms. The second-order valence-electron chi connectivity index (χ2n) is 9.33. The van der Waals surface area contributed by atoms with Crippen molar-refractivity contribution in [2.24, 2.45) is 5.92 Å². The van der Waals surface area contributed by atoms with Crippen LogP contribution in [0.15, 0.2) is 30.5 Å². The molecule has 5 N–H and O–H groups in total. The molecule has 1 saturated carbocycles. The summed E-state index contributed by atoms with van der Waals surface area (Å²) in [6.07, 6.45) is 8.76. The summed E-state index contributed by atoms with van der Waals surface area (Å²) in [5, 5.41) is 7.00. The first kappa shape index (κ1) is 28.1. The first-order valence-electron chi connectivity index (χ1n) is 12.2. The highest BCUT2D eigenvalue weighted by Crippen LogP contribution is 2.24. The Morgan fingerprint density at radius 3 is 2.53 bits per heavy atom. The number of aromatic nitrogens is 1. The van der Waals surface area contributed by atoms with Crippen LogP contribution in [0.1, 0.15) is 61.7 Å². The minimum atomic E-state index is -3.87. The lowest BCUT2D eigenvalue weighted by atomic mass is 9.94. The number of rotatable bonds is 7. The smallest absolute Gasteiger partial charge is 0.329 e. The van der Waals surface area contributed by atoms with Crippen LogP contribution in [0, 0.1) is 5.92 Å². The quantitative estimate of drug-likeness (QED) is 0.494. The number of nitrogens with zero attached hydrogens (tertiary/aromatic N) is 2. The number of piperidine rings is 1. The minimum absolute atomic E-state index is 0. The molecule has 2 aliphatic rings. The molecule has 2 heterocycles. The van der Waals surface area contributed by atoms with Gasteiger partial charge in [0.2, 0.25) is 0 Å². The third-order valence-corrected chi connectivity index (χ3v) is 8.53. The molecule has 2 fully saturated rings. The van der Waals surface area contributed by atoms with Crippen molar-refractivity contribution in [3.8, 4) is 0 Å². The summed E-state index contributed by atoms with van der Waals surface area (Å²) in [5.41, 5.74) is 1.04. The number of pyridine rings is 1. The fraction of sp³-hybridized carbons (Fsp3) is 0.542. The van der Waals surface area contributed by atoms with Crippen molar-refractivity contribution in [2.45, 2.75) is 57.4 Å². The molecule has 0 spiro atoms.